The molecule has 3 amide bonds. The Morgan fingerprint density at radius 2 is 1.86 bits per heavy atom. The first-order chi connectivity index (χ1) is 13.8. The molecular formula is C19H13ClI2N2O5. The number of nitrogens with one attached hydrogen (secondary N) is 1. The number of carbonyl (C=O) groups is 3. The molecule has 2 aromatic rings. The number of nitrogens with zero attached hydrogens (tertiary/aromatic N) is 1. The minimum absolute atomic E-state index is 0.0209. The molecule has 10 heteroatoms. The summed E-state index contributed by atoms with van der Waals surface area (Å²) in [6.07, 6.45) is 1.50. The second-order valence-corrected chi connectivity index (χ2v) is 8.70. The molecule has 0 spiro atoms. The van der Waals surface area contributed by atoms with Crippen LogP contribution in [0.3, 0.4) is 0 Å². The molecule has 0 saturated carbocycles. The van der Waals surface area contributed by atoms with Crippen LogP contribution in [0.1, 0.15) is 11.1 Å². The lowest BCUT2D eigenvalue weighted by atomic mass is 10.2. The Kier molecular flexibility index (Phi) is 7.01. The maximum Gasteiger partial charge on any atom is 0.329 e. The number of urea groups is 1. The molecule has 1 heterocycles. The molecular weight excluding hydrogens is 625 g/mol. The summed E-state index contributed by atoms with van der Waals surface area (Å²) in [5.74, 6) is -1.26. The highest BCUT2D eigenvalue weighted by atomic mass is 127. The molecule has 2 aromatic carbocycles. The number of hydrogen-bond donors (Lipinski definition) is 2. The van der Waals surface area contributed by atoms with Gasteiger partial charge in [0.15, 0.2) is 0 Å². The first-order valence-electron chi connectivity index (χ1n) is 8.18. The summed E-state index contributed by atoms with van der Waals surface area (Å²) in [5.41, 5.74) is 1.56. The van der Waals surface area contributed by atoms with Crippen LogP contribution in [0.2, 0.25) is 5.02 Å². The molecule has 1 aliphatic rings. The summed E-state index contributed by atoms with van der Waals surface area (Å²) >= 11 is 10.4. The summed E-state index contributed by atoms with van der Waals surface area (Å²) < 4.78 is 7.55. The minimum atomic E-state index is -1.26. The number of benzene rings is 2. The number of carbonyl (C=O) groups excluding carboxylic acids is 2. The first-order valence-corrected chi connectivity index (χ1v) is 10.7. The van der Waals surface area contributed by atoms with Gasteiger partial charge in [0, 0.05) is 10.6 Å². The Morgan fingerprint density at radius 1 is 1.21 bits per heavy atom. The third-order valence-corrected chi connectivity index (χ3v) is 5.89. The van der Waals surface area contributed by atoms with Crippen molar-refractivity contribution < 1.29 is 24.2 Å². The zero-order valence-corrected chi connectivity index (χ0v) is 19.7. The molecule has 0 bridgehead atoms. The van der Waals surface area contributed by atoms with E-state index in [4.69, 9.17) is 21.4 Å². The number of aliphatic carboxylic acids is 1. The van der Waals surface area contributed by atoms with Gasteiger partial charge in [-0.15, -0.1) is 0 Å². The van der Waals surface area contributed by atoms with E-state index < -0.39 is 24.5 Å². The van der Waals surface area contributed by atoms with Crippen molar-refractivity contribution >= 4 is 80.8 Å². The SMILES string of the molecule is O=C(O)CN1C(=O)N/C(=C/c2cc(I)c(OCc3ccccc3Cl)c(I)c2)C1=O. The van der Waals surface area contributed by atoms with E-state index in [1.165, 1.54) is 6.08 Å². The summed E-state index contributed by atoms with van der Waals surface area (Å²) in [4.78, 5) is 35.5. The van der Waals surface area contributed by atoms with Crippen LogP contribution in [-0.2, 0) is 16.2 Å². The molecule has 29 heavy (non-hydrogen) atoms. The molecule has 0 aliphatic carbocycles. The summed E-state index contributed by atoms with van der Waals surface area (Å²) in [6.45, 7) is -0.378. The quantitative estimate of drug-likeness (QED) is 0.282. The highest BCUT2D eigenvalue weighted by Crippen LogP contribution is 2.31. The fraction of sp³-hybridized carbons (Fsp3) is 0.105. The van der Waals surface area contributed by atoms with Crippen molar-refractivity contribution in [2.75, 3.05) is 6.54 Å². The highest BCUT2D eigenvalue weighted by molar-refractivity contribution is 14.1. The minimum Gasteiger partial charge on any atom is -0.487 e. The van der Waals surface area contributed by atoms with Crippen LogP contribution in [0, 0.1) is 7.14 Å². The van der Waals surface area contributed by atoms with Crippen molar-refractivity contribution in [1.82, 2.24) is 10.2 Å². The van der Waals surface area contributed by atoms with Gasteiger partial charge in [-0.2, -0.15) is 0 Å². The Hall–Kier alpha value is -1.86. The lowest BCUT2D eigenvalue weighted by molar-refractivity contribution is -0.140. The molecule has 150 valence electrons. The highest BCUT2D eigenvalue weighted by Gasteiger charge is 2.34. The number of halogens is 3. The van der Waals surface area contributed by atoms with Gasteiger partial charge in [0.2, 0.25) is 0 Å². The second kappa shape index (κ2) is 9.30. The average molecular weight is 639 g/mol. The number of rotatable bonds is 6. The predicted molar refractivity (Wildman–Crippen MR) is 124 cm³/mol. The van der Waals surface area contributed by atoms with Gasteiger partial charge in [0.1, 0.15) is 24.6 Å². The number of hydrogen-bond acceptors (Lipinski definition) is 4. The monoisotopic (exact) mass is 638 g/mol. The van der Waals surface area contributed by atoms with E-state index in [2.05, 4.69) is 50.5 Å². The van der Waals surface area contributed by atoms with Gasteiger partial charge in [0.25, 0.3) is 5.91 Å². The molecule has 1 saturated heterocycles. The van der Waals surface area contributed by atoms with Crippen LogP contribution in [0.4, 0.5) is 4.79 Å². The smallest absolute Gasteiger partial charge is 0.329 e. The van der Waals surface area contributed by atoms with Crippen molar-refractivity contribution in [2.24, 2.45) is 0 Å². The first kappa shape index (κ1) is 21.8. The van der Waals surface area contributed by atoms with Gasteiger partial charge < -0.3 is 15.2 Å². The van der Waals surface area contributed by atoms with Crippen molar-refractivity contribution in [2.45, 2.75) is 6.61 Å². The molecule has 0 radical (unpaired) electrons. The van der Waals surface area contributed by atoms with Crippen LogP contribution < -0.4 is 10.1 Å². The predicted octanol–water partition coefficient (Wildman–Crippen LogP) is 4.11. The zero-order chi connectivity index (χ0) is 21.1. The third-order valence-electron chi connectivity index (χ3n) is 3.92. The van der Waals surface area contributed by atoms with Crippen molar-refractivity contribution in [3.63, 3.8) is 0 Å². The summed E-state index contributed by atoms with van der Waals surface area (Å²) in [7, 11) is 0. The van der Waals surface area contributed by atoms with Gasteiger partial charge in [-0.1, -0.05) is 29.8 Å². The fourth-order valence-electron chi connectivity index (χ4n) is 2.58. The average Bonchev–Trinajstić information content (AvgIpc) is 2.89. The maximum absolute atomic E-state index is 12.3. The van der Waals surface area contributed by atoms with E-state index in [0.717, 1.165) is 12.7 Å². The van der Waals surface area contributed by atoms with E-state index in [0.29, 0.717) is 27.8 Å². The summed E-state index contributed by atoms with van der Waals surface area (Å²) in [5, 5.41) is 11.8. The summed E-state index contributed by atoms with van der Waals surface area (Å²) in [6, 6.07) is 10.3. The lowest BCUT2D eigenvalue weighted by Crippen LogP contribution is -2.35. The molecule has 7 nitrogen and oxygen atoms in total. The van der Waals surface area contributed by atoms with E-state index >= 15 is 0 Å². The molecule has 0 atom stereocenters. The van der Waals surface area contributed by atoms with Gasteiger partial charge in [-0.05, 0) is 75.0 Å². The number of carboxylic acids is 1. The third kappa shape index (κ3) is 5.20. The molecule has 0 unspecified atom stereocenters. The number of carboxylic acid groups (broad SMARTS) is 1. The van der Waals surface area contributed by atoms with Crippen LogP contribution in [0.15, 0.2) is 42.1 Å². The Labute approximate surface area is 198 Å². The van der Waals surface area contributed by atoms with Gasteiger partial charge >= 0.3 is 12.0 Å². The fourth-order valence-corrected chi connectivity index (χ4v) is 4.90. The van der Waals surface area contributed by atoms with E-state index in [1.54, 1.807) is 18.2 Å². The zero-order valence-electron chi connectivity index (χ0n) is 14.6. The Bertz CT molecular complexity index is 1020. The van der Waals surface area contributed by atoms with E-state index in [-0.39, 0.29) is 5.70 Å². The number of imide groups is 1. The van der Waals surface area contributed by atoms with Crippen molar-refractivity contribution in [3.8, 4) is 5.75 Å². The van der Waals surface area contributed by atoms with Gasteiger partial charge in [-0.3, -0.25) is 9.59 Å². The van der Waals surface area contributed by atoms with Crippen LogP contribution in [0.25, 0.3) is 6.08 Å². The van der Waals surface area contributed by atoms with E-state index in [9.17, 15) is 14.4 Å². The largest absolute Gasteiger partial charge is 0.487 e. The second-order valence-electron chi connectivity index (χ2n) is 5.97. The molecule has 1 fully saturated rings. The topological polar surface area (TPSA) is 95.9 Å². The molecule has 1 aliphatic heterocycles. The van der Waals surface area contributed by atoms with Crippen molar-refractivity contribution in [1.29, 1.82) is 0 Å². The normalized spacial score (nSPS) is 15.0. The van der Waals surface area contributed by atoms with Crippen LogP contribution in [0.5, 0.6) is 5.75 Å². The Balaban J connectivity index is 1.80. The lowest BCUT2D eigenvalue weighted by Gasteiger charge is -2.12. The van der Waals surface area contributed by atoms with Gasteiger partial charge in [-0.25, -0.2) is 9.69 Å². The maximum atomic E-state index is 12.3. The van der Waals surface area contributed by atoms with E-state index in [1.807, 2.05) is 18.2 Å². The molecule has 0 aromatic heterocycles. The Morgan fingerprint density at radius 3 is 2.48 bits per heavy atom. The van der Waals surface area contributed by atoms with Crippen molar-refractivity contribution in [3.05, 3.63) is 65.4 Å². The number of ether oxygens (including phenoxy) is 1. The standard InChI is InChI=1S/C19H13ClI2N2O5/c20-12-4-2-1-3-11(12)9-29-17-13(21)5-10(6-14(17)22)7-15-18(27)24(8-16(25)26)19(28)23-15/h1-7H,8-9H2,(H,23,28)(H,25,26)/b15-7+. The van der Waals surface area contributed by atoms with Crippen LogP contribution >= 0.6 is 56.8 Å². The van der Waals surface area contributed by atoms with Gasteiger partial charge in [0.05, 0.1) is 7.14 Å². The molecule has 3 rings (SSSR count). The number of amides is 3. The van der Waals surface area contributed by atoms with Crippen LogP contribution in [-0.4, -0.2) is 34.5 Å². The molecule has 2 N–H and O–H groups in total.